The van der Waals surface area contributed by atoms with Crippen molar-refractivity contribution >= 4 is 67.7 Å². The molecular weight excluding hydrogens is 842 g/mol. The number of fused-ring (bicyclic) bond motifs is 8. The first-order valence-corrected chi connectivity index (χ1v) is 25.8. The Hall–Kier alpha value is -5.78. The minimum Gasteiger partial charge on any atom is -0.310 e. The van der Waals surface area contributed by atoms with E-state index in [4.69, 9.17) is 0 Å². The van der Waals surface area contributed by atoms with Crippen molar-refractivity contribution in [2.45, 2.75) is 135 Å². The SMILES string of the molecule is Cc1ccccc1-c1n(-c2c(C(C)C)cccc2C(C)C)c2c(-c3cc4c5c(c3)-n3c6ccc(C(C)(C)C)cc6c6cc(C(C)(C)C)cc(c63)B5c3cc(C(C)(C)C)ccc3S4)cccc2[n+]1C. The zero-order valence-electron chi connectivity index (χ0n) is 43.0. The van der Waals surface area contributed by atoms with Crippen LogP contribution in [0.1, 0.15) is 135 Å². The standard InChI is InChI=1S/C63H67BN3S/c1-36(2)43-22-18-23-44(37(3)4)57(43)67-59-46(24-19-25-52(59)65(15)60(67)45-21-17-16-20-38(45)5)39-30-53-56-55(31-39)68-54-29-27-41(62(9,10)11)34-49(54)64(56)50-35-42(63(12,13)14)33-48-47-32-40(61(6,7)8)26-28-51(47)66(53)58(48)50/h16-37H,1-15H3/q+1. The van der Waals surface area contributed by atoms with Gasteiger partial charge in [0, 0.05) is 48.5 Å². The van der Waals surface area contributed by atoms with E-state index < -0.39 is 0 Å². The molecule has 11 rings (SSSR count). The number of benzene rings is 7. The summed E-state index contributed by atoms with van der Waals surface area (Å²) in [6.07, 6.45) is 0. The second-order valence-corrected chi connectivity index (χ2v) is 24.9. The van der Waals surface area contributed by atoms with Crippen LogP contribution in [-0.4, -0.2) is 15.8 Å². The van der Waals surface area contributed by atoms with Gasteiger partial charge < -0.3 is 4.57 Å². The molecule has 0 bridgehead atoms. The van der Waals surface area contributed by atoms with Gasteiger partial charge in [0.15, 0.2) is 11.0 Å². The molecule has 0 amide bonds. The molecule has 3 nitrogen and oxygen atoms in total. The molecule has 4 heterocycles. The van der Waals surface area contributed by atoms with Crippen LogP contribution in [0.25, 0.3) is 66.7 Å². The lowest BCUT2D eigenvalue weighted by molar-refractivity contribution is -0.633. The summed E-state index contributed by atoms with van der Waals surface area (Å²) in [5.41, 5.74) is 23.8. The zero-order chi connectivity index (χ0) is 48.1. The van der Waals surface area contributed by atoms with Gasteiger partial charge in [-0.2, -0.15) is 4.57 Å². The molecule has 7 aromatic carbocycles. The molecule has 0 saturated heterocycles. The number of para-hydroxylation sites is 2. The van der Waals surface area contributed by atoms with Crippen molar-refractivity contribution in [3.05, 3.63) is 155 Å². The van der Waals surface area contributed by atoms with Crippen LogP contribution in [0.15, 0.2) is 131 Å². The molecule has 68 heavy (non-hydrogen) atoms. The quantitative estimate of drug-likeness (QED) is 0.124. The van der Waals surface area contributed by atoms with E-state index in [0.717, 1.165) is 0 Å². The van der Waals surface area contributed by atoms with Crippen LogP contribution in [0.4, 0.5) is 0 Å². The van der Waals surface area contributed by atoms with Gasteiger partial charge in [-0.25, -0.2) is 4.57 Å². The van der Waals surface area contributed by atoms with Crippen LogP contribution in [-0.2, 0) is 23.3 Å². The lowest BCUT2D eigenvalue weighted by Crippen LogP contribution is -2.59. The summed E-state index contributed by atoms with van der Waals surface area (Å²) < 4.78 is 7.78. The average Bonchev–Trinajstić information content (AvgIpc) is 3.77. The van der Waals surface area contributed by atoms with E-state index in [-0.39, 0.29) is 23.0 Å². The molecule has 9 aromatic rings. The maximum Gasteiger partial charge on any atom is 0.295 e. The van der Waals surface area contributed by atoms with E-state index in [1.54, 1.807) is 0 Å². The van der Waals surface area contributed by atoms with Crippen LogP contribution >= 0.6 is 11.8 Å². The van der Waals surface area contributed by atoms with Crippen molar-refractivity contribution in [2.75, 3.05) is 0 Å². The van der Waals surface area contributed by atoms with Gasteiger partial charge in [-0.15, -0.1) is 0 Å². The molecule has 0 spiro atoms. The van der Waals surface area contributed by atoms with Crippen LogP contribution in [0.2, 0.25) is 0 Å². The number of rotatable bonds is 5. The fourth-order valence-electron chi connectivity index (χ4n) is 11.6. The molecule has 342 valence electrons. The summed E-state index contributed by atoms with van der Waals surface area (Å²) >= 11 is 1.97. The summed E-state index contributed by atoms with van der Waals surface area (Å²) in [5.74, 6) is 1.85. The van der Waals surface area contributed by atoms with Gasteiger partial charge in [-0.1, -0.05) is 174 Å². The van der Waals surface area contributed by atoms with Gasteiger partial charge in [0.1, 0.15) is 5.69 Å². The number of hydrogen-bond acceptors (Lipinski definition) is 1. The molecule has 0 saturated carbocycles. The van der Waals surface area contributed by atoms with Crippen molar-refractivity contribution in [2.24, 2.45) is 7.05 Å². The fraction of sp³-hybridized carbons (Fsp3) is 0.317. The van der Waals surface area contributed by atoms with Gasteiger partial charge >= 0.3 is 0 Å². The maximum absolute atomic E-state index is 2.67. The highest BCUT2D eigenvalue weighted by Gasteiger charge is 2.42. The van der Waals surface area contributed by atoms with Gasteiger partial charge in [-0.3, -0.25) is 0 Å². The second-order valence-electron chi connectivity index (χ2n) is 23.8. The highest BCUT2D eigenvalue weighted by atomic mass is 32.2. The minimum atomic E-state index is -0.0300. The smallest absolute Gasteiger partial charge is 0.295 e. The third-order valence-corrected chi connectivity index (χ3v) is 16.5. The zero-order valence-corrected chi connectivity index (χ0v) is 43.8. The minimum absolute atomic E-state index is 0.0143. The molecule has 0 N–H and O–H groups in total. The normalized spacial score (nSPS) is 13.7. The summed E-state index contributed by atoms with van der Waals surface area (Å²) in [6, 6.07) is 47.8. The number of aromatic nitrogens is 3. The molecule has 0 unspecified atom stereocenters. The average molecular weight is 909 g/mol. The van der Waals surface area contributed by atoms with Crippen molar-refractivity contribution < 1.29 is 4.57 Å². The first-order chi connectivity index (χ1) is 32.1. The molecule has 0 radical (unpaired) electrons. The molecular formula is C63H67BN3S+. The number of aryl methyl sites for hydroxylation is 2. The lowest BCUT2D eigenvalue weighted by Gasteiger charge is -2.35. The Labute approximate surface area is 409 Å². The highest BCUT2D eigenvalue weighted by Crippen LogP contribution is 2.46. The van der Waals surface area contributed by atoms with Crippen LogP contribution in [0.3, 0.4) is 0 Å². The number of imidazole rings is 1. The predicted octanol–water partition coefficient (Wildman–Crippen LogP) is 14.6. The third-order valence-electron chi connectivity index (χ3n) is 15.4. The molecule has 2 aliphatic rings. The lowest BCUT2D eigenvalue weighted by atomic mass is 9.35. The Morgan fingerprint density at radius 3 is 1.81 bits per heavy atom. The fourth-order valence-corrected chi connectivity index (χ4v) is 12.7. The number of nitrogens with zero attached hydrogens (tertiary/aromatic N) is 3. The molecule has 0 atom stereocenters. The van der Waals surface area contributed by atoms with E-state index in [0.29, 0.717) is 11.8 Å². The van der Waals surface area contributed by atoms with Crippen molar-refractivity contribution in [3.8, 4) is 33.9 Å². The van der Waals surface area contributed by atoms with E-state index in [1.807, 2.05) is 11.8 Å². The molecule has 2 aliphatic heterocycles. The van der Waals surface area contributed by atoms with Crippen LogP contribution < -0.4 is 21.0 Å². The summed E-state index contributed by atoms with van der Waals surface area (Å²) in [5, 5.41) is 2.70. The van der Waals surface area contributed by atoms with Gasteiger partial charge in [0.05, 0.1) is 18.1 Å². The maximum atomic E-state index is 2.67. The Balaban J connectivity index is 1.30. The topological polar surface area (TPSA) is 13.7 Å². The summed E-state index contributed by atoms with van der Waals surface area (Å²) in [7, 11) is 2.27. The Bertz CT molecular complexity index is 3550. The second kappa shape index (κ2) is 15.4. The Morgan fingerprint density at radius 2 is 1.15 bits per heavy atom. The Kier molecular flexibility index (Phi) is 10.1. The first-order valence-electron chi connectivity index (χ1n) is 25.0. The molecule has 0 fully saturated rings. The van der Waals surface area contributed by atoms with Crippen molar-refractivity contribution in [1.29, 1.82) is 0 Å². The van der Waals surface area contributed by atoms with Crippen molar-refractivity contribution in [3.63, 3.8) is 0 Å². The Morgan fingerprint density at radius 1 is 0.544 bits per heavy atom. The van der Waals surface area contributed by atoms with Crippen molar-refractivity contribution in [1.82, 2.24) is 9.13 Å². The van der Waals surface area contributed by atoms with E-state index >= 15 is 0 Å². The van der Waals surface area contributed by atoms with E-state index in [1.165, 1.54) is 126 Å². The summed E-state index contributed by atoms with van der Waals surface area (Å²) in [6.45, 7) is 33.0. The van der Waals surface area contributed by atoms with E-state index in [2.05, 4.69) is 239 Å². The van der Waals surface area contributed by atoms with Crippen LogP contribution in [0, 0.1) is 6.92 Å². The third kappa shape index (κ3) is 6.73. The van der Waals surface area contributed by atoms with E-state index in [9.17, 15) is 0 Å². The highest BCUT2D eigenvalue weighted by molar-refractivity contribution is 8.00. The predicted molar refractivity (Wildman–Crippen MR) is 294 cm³/mol. The monoisotopic (exact) mass is 909 g/mol. The summed E-state index contributed by atoms with van der Waals surface area (Å²) in [4.78, 5) is 2.70. The molecule has 2 aromatic heterocycles. The molecule has 5 heteroatoms. The molecule has 0 aliphatic carbocycles. The number of hydrogen-bond donors (Lipinski definition) is 0. The van der Waals surface area contributed by atoms with Crippen LogP contribution in [0.5, 0.6) is 0 Å². The van der Waals surface area contributed by atoms with Gasteiger partial charge in [0.2, 0.25) is 6.71 Å². The van der Waals surface area contributed by atoms with Gasteiger partial charge in [-0.05, 0) is 128 Å². The first kappa shape index (κ1) is 44.7. The largest absolute Gasteiger partial charge is 0.310 e. The van der Waals surface area contributed by atoms with Gasteiger partial charge in [0.25, 0.3) is 5.82 Å².